The summed E-state index contributed by atoms with van der Waals surface area (Å²) in [7, 11) is 0. The van der Waals surface area contributed by atoms with Crippen LogP contribution in [-0.4, -0.2) is 29.7 Å². The van der Waals surface area contributed by atoms with Crippen molar-refractivity contribution in [2.45, 2.75) is 12.8 Å². The van der Waals surface area contributed by atoms with Crippen LogP contribution in [0, 0.1) is 16.0 Å². The van der Waals surface area contributed by atoms with E-state index in [2.05, 4.69) is 10.6 Å². The standard InChI is InChI=1S/C12H17N3O3/c16-6-5-13-11-4-3-10(15(17)18)7-12(11)14-8-9-1-2-9/h3-4,7,9,13-14,16H,1-2,5-6,8H2. The largest absolute Gasteiger partial charge is 0.395 e. The number of anilines is 2. The van der Waals surface area contributed by atoms with Gasteiger partial charge in [-0.05, 0) is 24.8 Å². The Balaban J connectivity index is 2.11. The van der Waals surface area contributed by atoms with Crippen molar-refractivity contribution < 1.29 is 10.0 Å². The number of nitro benzene ring substituents is 1. The second kappa shape index (κ2) is 5.68. The lowest BCUT2D eigenvalue weighted by Crippen LogP contribution is -2.10. The monoisotopic (exact) mass is 251 g/mol. The van der Waals surface area contributed by atoms with Gasteiger partial charge in [-0.3, -0.25) is 10.1 Å². The van der Waals surface area contributed by atoms with E-state index in [-0.39, 0.29) is 12.3 Å². The smallest absolute Gasteiger partial charge is 0.271 e. The number of benzene rings is 1. The van der Waals surface area contributed by atoms with Gasteiger partial charge < -0.3 is 15.7 Å². The summed E-state index contributed by atoms with van der Waals surface area (Å²) >= 11 is 0. The van der Waals surface area contributed by atoms with Crippen LogP contribution in [-0.2, 0) is 0 Å². The van der Waals surface area contributed by atoms with Crippen molar-refractivity contribution in [2.24, 2.45) is 5.92 Å². The average Bonchev–Trinajstić information content (AvgIpc) is 3.18. The quantitative estimate of drug-likeness (QED) is 0.508. The summed E-state index contributed by atoms with van der Waals surface area (Å²) < 4.78 is 0. The second-order valence-corrected chi connectivity index (χ2v) is 4.46. The number of non-ortho nitro benzene ring substituents is 1. The number of aliphatic hydroxyl groups excluding tert-OH is 1. The van der Waals surface area contributed by atoms with Crippen LogP contribution in [0.15, 0.2) is 18.2 Å². The van der Waals surface area contributed by atoms with Gasteiger partial charge in [-0.25, -0.2) is 0 Å². The molecule has 18 heavy (non-hydrogen) atoms. The highest BCUT2D eigenvalue weighted by Crippen LogP contribution is 2.32. The fourth-order valence-electron chi connectivity index (χ4n) is 1.71. The van der Waals surface area contributed by atoms with Crippen LogP contribution in [0.5, 0.6) is 0 Å². The van der Waals surface area contributed by atoms with Gasteiger partial charge in [0.25, 0.3) is 5.69 Å². The highest BCUT2D eigenvalue weighted by molar-refractivity contribution is 5.72. The molecule has 1 aliphatic rings. The van der Waals surface area contributed by atoms with E-state index in [1.807, 2.05) is 0 Å². The third-order valence-electron chi connectivity index (χ3n) is 2.92. The third kappa shape index (κ3) is 3.33. The van der Waals surface area contributed by atoms with E-state index >= 15 is 0 Å². The Morgan fingerprint density at radius 2 is 2.11 bits per heavy atom. The summed E-state index contributed by atoms with van der Waals surface area (Å²) in [4.78, 5) is 10.3. The second-order valence-electron chi connectivity index (χ2n) is 4.46. The van der Waals surface area contributed by atoms with Gasteiger partial charge in [0.05, 0.1) is 22.9 Å². The first-order chi connectivity index (χ1) is 8.70. The number of rotatable bonds is 7. The van der Waals surface area contributed by atoms with Crippen LogP contribution in [0.3, 0.4) is 0 Å². The maximum atomic E-state index is 10.7. The Labute approximate surface area is 105 Å². The van der Waals surface area contributed by atoms with Crippen molar-refractivity contribution in [2.75, 3.05) is 30.3 Å². The van der Waals surface area contributed by atoms with Gasteiger partial charge >= 0.3 is 0 Å². The number of nitrogens with zero attached hydrogens (tertiary/aromatic N) is 1. The van der Waals surface area contributed by atoms with Crippen molar-refractivity contribution in [3.8, 4) is 0 Å². The zero-order valence-corrected chi connectivity index (χ0v) is 10.1. The summed E-state index contributed by atoms with van der Waals surface area (Å²) in [5, 5.41) is 25.8. The fraction of sp³-hybridized carbons (Fsp3) is 0.500. The lowest BCUT2D eigenvalue weighted by atomic mass is 10.2. The molecular weight excluding hydrogens is 234 g/mol. The molecule has 0 saturated heterocycles. The van der Waals surface area contributed by atoms with Gasteiger partial charge in [0.1, 0.15) is 0 Å². The average molecular weight is 251 g/mol. The first-order valence-electron chi connectivity index (χ1n) is 6.07. The minimum atomic E-state index is -0.405. The maximum absolute atomic E-state index is 10.7. The fourth-order valence-corrected chi connectivity index (χ4v) is 1.71. The van der Waals surface area contributed by atoms with Gasteiger partial charge in [0.15, 0.2) is 0 Å². The highest BCUT2D eigenvalue weighted by atomic mass is 16.6. The van der Waals surface area contributed by atoms with E-state index in [4.69, 9.17) is 5.11 Å². The molecule has 1 aromatic rings. The van der Waals surface area contributed by atoms with Crippen molar-refractivity contribution in [1.82, 2.24) is 0 Å². The van der Waals surface area contributed by atoms with E-state index in [1.165, 1.54) is 25.0 Å². The van der Waals surface area contributed by atoms with Crippen molar-refractivity contribution in [1.29, 1.82) is 0 Å². The van der Waals surface area contributed by atoms with Gasteiger partial charge in [-0.15, -0.1) is 0 Å². The number of hydrogen-bond acceptors (Lipinski definition) is 5. The van der Waals surface area contributed by atoms with Gasteiger partial charge in [-0.2, -0.15) is 0 Å². The summed E-state index contributed by atoms with van der Waals surface area (Å²) in [6.07, 6.45) is 2.45. The molecule has 0 spiro atoms. The predicted molar refractivity (Wildman–Crippen MR) is 69.9 cm³/mol. The molecule has 0 aromatic heterocycles. The Morgan fingerprint density at radius 1 is 1.33 bits per heavy atom. The van der Waals surface area contributed by atoms with Crippen LogP contribution >= 0.6 is 0 Å². The third-order valence-corrected chi connectivity index (χ3v) is 2.92. The molecule has 2 rings (SSSR count). The van der Waals surface area contributed by atoms with Gasteiger partial charge in [-0.1, -0.05) is 0 Å². The molecule has 6 heteroatoms. The van der Waals surface area contributed by atoms with Crippen molar-refractivity contribution in [3.63, 3.8) is 0 Å². The minimum Gasteiger partial charge on any atom is -0.395 e. The van der Waals surface area contributed by atoms with Crippen LogP contribution in [0.1, 0.15) is 12.8 Å². The summed E-state index contributed by atoms with van der Waals surface area (Å²) in [5.41, 5.74) is 1.59. The Morgan fingerprint density at radius 3 is 2.72 bits per heavy atom. The highest BCUT2D eigenvalue weighted by Gasteiger charge is 2.21. The first kappa shape index (κ1) is 12.6. The number of aliphatic hydroxyl groups is 1. The summed E-state index contributed by atoms with van der Waals surface area (Å²) in [5.74, 6) is 0.690. The van der Waals surface area contributed by atoms with E-state index in [0.29, 0.717) is 12.5 Å². The molecule has 0 unspecified atom stereocenters. The van der Waals surface area contributed by atoms with Gasteiger partial charge in [0.2, 0.25) is 0 Å². The van der Waals surface area contributed by atoms with E-state index < -0.39 is 4.92 Å². The topological polar surface area (TPSA) is 87.4 Å². The Kier molecular flexibility index (Phi) is 3.99. The Bertz CT molecular complexity index is 433. The maximum Gasteiger partial charge on any atom is 0.271 e. The molecule has 0 aliphatic heterocycles. The summed E-state index contributed by atoms with van der Waals surface area (Å²) in [6.45, 7) is 1.30. The molecule has 1 aromatic carbocycles. The minimum absolute atomic E-state index is 0.0268. The zero-order chi connectivity index (χ0) is 13.0. The molecule has 0 heterocycles. The van der Waals surface area contributed by atoms with Crippen molar-refractivity contribution >= 4 is 17.1 Å². The molecule has 0 amide bonds. The molecule has 6 nitrogen and oxygen atoms in total. The van der Waals surface area contributed by atoms with E-state index in [9.17, 15) is 10.1 Å². The lowest BCUT2D eigenvalue weighted by molar-refractivity contribution is -0.384. The molecule has 3 N–H and O–H groups in total. The molecule has 1 aliphatic carbocycles. The molecule has 0 atom stereocenters. The van der Waals surface area contributed by atoms with Crippen LogP contribution in [0.25, 0.3) is 0 Å². The number of nitro groups is 1. The normalized spacial score (nSPS) is 14.3. The molecule has 98 valence electrons. The molecule has 0 radical (unpaired) electrons. The van der Waals surface area contributed by atoms with Crippen LogP contribution in [0.2, 0.25) is 0 Å². The first-order valence-corrected chi connectivity index (χ1v) is 6.07. The summed E-state index contributed by atoms with van der Waals surface area (Å²) in [6, 6.07) is 4.66. The predicted octanol–water partition coefficient (Wildman–Crippen LogP) is 1.82. The molecule has 0 bridgehead atoms. The van der Waals surface area contributed by atoms with Crippen molar-refractivity contribution in [3.05, 3.63) is 28.3 Å². The van der Waals surface area contributed by atoms with E-state index in [1.54, 1.807) is 6.07 Å². The Hall–Kier alpha value is -1.82. The zero-order valence-electron chi connectivity index (χ0n) is 10.1. The molecular formula is C12H17N3O3. The molecule has 1 saturated carbocycles. The number of nitrogens with one attached hydrogen (secondary N) is 2. The van der Waals surface area contributed by atoms with Crippen LogP contribution < -0.4 is 10.6 Å². The van der Waals surface area contributed by atoms with Gasteiger partial charge in [0, 0.05) is 25.2 Å². The SMILES string of the molecule is O=[N+]([O-])c1ccc(NCCO)c(NCC2CC2)c1. The van der Waals surface area contributed by atoms with E-state index in [0.717, 1.165) is 17.9 Å². The van der Waals surface area contributed by atoms with Crippen LogP contribution in [0.4, 0.5) is 17.1 Å². The molecule has 1 fully saturated rings. The lowest BCUT2D eigenvalue weighted by Gasteiger charge is -2.12. The number of hydrogen-bond donors (Lipinski definition) is 3.